The first-order chi connectivity index (χ1) is 3.27. The van der Waals surface area contributed by atoms with Crippen molar-refractivity contribution in [2.75, 3.05) is 6.61 Å². The molecule has 1 atom stereocenters. The number of aliphatic hydroxyl groups excluding tert-OH is 1. The number of nitrogens with two attached hydrogens (primary N) is 1. The summed E-state index contributed by atoms with van der Waals surface area (Å²) in [6.45, 7) is 0.181. The molecule has 0 aliphatic heterocycles. The summed E-state index contributed by atoms with van der Waals surface area (Å²) >= 11 is 5.32. The minimum Gasteiger partial charge on any atom is -0.396 e. The van der Waals surface area contributed by atoms with E-state index in [1.165, 1.54) is 0 Å². The van der Waals surface area contributed by atoms with Gasteiger partial charge in [0.15, 0.2) is 0 Å². The maximum Gasteiger partial charge on any atom is 0.0801 e. The molecule has 0 aliphatic rings. The van der Waals surface area contributed by atoms with Gasteiger partial charge in [-0.2, -0.15) is 0 Å². The molecule has 0 aromatic rings. The van der Waals surface area contributed by atoms with Gasteiger partial charge in [-0.05, 0) is 12.8 Å². The van der Waals surface area contributed by atoms with Crippen LogP contribution in [0.3, 0.4) is 0 Å². The third kappa shape index (κ3) is 6.21. The molecular formula is C4H10ClNO. The van der Waals surface area contributed by atoms with Gasteiger partial charge in [-0.15, -0.1) is 11.6 Å². The molecule has 0 aromatic heterocycles. The van der Waals surface area contributed by atoms with E-state index < -0.39 is 0 Å². The van der Waals surface area contributed by atoms with E-state index in [4.69, 9.17) is 22.4 Å². The summed E-state index contributed by atoms with van der Waals surface area (Å²) in [5.41, 5.74) is 4.85. The molecule has 1 unspecified atom stereocenters. The summed E-state index contributed by atoms with van der Waals surface area (Å²) in [6.07, 6.45) is 1.39. The van der Waals surface area contributed by atoms with Gasteiger partial charge in [-0.1, -0.05) is 0 Å². The van der Waals surface area contributed by atoms with Gasteiger partial charge in [0.25, 0.3) is 0 Å². The van der Waals surface area contributed by atoms with E-state index in [1.807, 2.05) is 0 Å². The molecule has 0 amide bonds. The molecular weight excluding hydrogens is 114 g/mol. The Balaban J connectivity index is 2.68. The Morgan fingerprint density at radius 3 is 2.43 bits per heavy atom. The lowest BCUT2D eigenvalue weighted by molar-refractivity contribution is 0.284. The number of aliphatic hydroxyl groups is 1. The summed E-state index contributed by atoms with van der Waals surface area (Å²) in [6, 6.07) is 0. The molecule has 0 radical (unpaired) electrons. The van der Waals surface area contributed by atoms with Crippen molar-refractivity contribution in [2.24, 2.45) is 5.73 Å². The van der Waals surface area contributed by atoms with Crippen LogP contribution in [0.15, 0.2) is 0 Å². The SMILES string of the molecule is NC(Cl)CCCO. The van der Waals surface area contributed by atoms with E-state index in [0.29, 0.717) is 12.8 Å². The number of halogens is 1. The van der Waals surface area contributed by atoms with Crippen LogP contribution >= 0.6 is 11.6 Å². The predicted octanol–water partition coefficient (Wildman–Crippen LogP) is 0.283. The fraction of sp³-hybridized carbons (Fsp3) is 1.00. The Morgan fingerprint density at radius 1 is 1.71 bits per heavy atom. The highest BCUT2D eigenvalue weighted by molar-refractivity contribution is 6.20. The van der Waals surface area contributed by atoms with Crippen LogP contribution in [0.4, 0.5) is 0 Å². The van der Waals surface area contributed by atoms with Crippen LogP contribution in [-0.4, -0.2) is 17.2 Å². The Bertz CT molecular complexity index is 40.7. The number of rotatable bonds is 3. The Labute approximate surface area is 48.3 Å². The van der Waals surface area contributed by atoms with E-state index in [-0.39, 0.29) is 12.1 Å². The van der Waals surface area contributed by atoms with E-state index in [2.05, 4.69) is 0 Å². The second kappa shape index (κ2) is 4.37. The average molecular weight is 124 g/mol. The van der Waals surface area contributed by atoms with E-state index in [0.717, 1.165) is 0 Å². The molecule has 0 aromatic carbocycles. The first kappa shape index (κ1) is 7.21. The van der Waals surface area contributed by atoms with Crippen molar-refractivity contribution in [3.63, 3.8) is 0 Å². The highest BCUT2D eigenvalue weighted by atomic mass is 35.5. The zero-order valence-corrected chi connectivity index (χ0v) is 4.86. The van der Waals surface area contributed by atoms with Crippen LogP contribution in [-0.2, 0) is 0 Å². The van der Waals surface area contributed by atoms with Crippen LogP contribution in [0.1, 0.15) is 12.8 Å². The van der Waals surface area contributed by atoms with E-state index in [9.17, 15) is 0 Å². The molecule has 7 heavy (non-hydrogen) atoms. The highest BCUT2D eigenvalue weighted by Gasteiger charge is 1.91. The molecule has 0 saturated heterocycles. The van der Waals surface area contributed by atoms with Crippen molar-refractivity contribution in [1.82, 2.24) is 0 Å². The lowest BCUT2D eigenvalue weighted by Gasteiger charge is -1.96. The molecule has 0 aliphatic carbocycles. The minimum absolute atomic E-state index is 0.181. The molecule has 0 saturated carbocycles. The summed E-state index contributed by atoms with van der Waals surface area (Å²) in [5.74, 6) is 0. The molecule has 0 fully saturated rings. The van der Waals surface area contributed by atoms with Crippen LogP contribution < -0.4 is 5.73 Å². The van der Waals surface area contributed by atoms with Crippen molar-refractivity contribution in [3.05, 3.63) is 0 Å². The first-order valence-corrected chi connectivity index (χ1v) is 2.71. The maximum atomic E-state index is 8.20. The molecule has 0 bridgehead atoms. The average Bonchev–Trinajstić information content (AvgIpc) is 1.61. The normalized spacial score (nSPS) is 14.1. The molecule has 3 N–H and O–H groups in total. The molecule has 44 valence electrons. The van der Waals surface area contributed by atoms with Crippen LogP contribution in [0.5, 0.6) is 0 Å². The summed E-state index contributed by atoms with van der Waals surface area (Å²) in [5, 5.41) is 8.20. The first-order valence-electron chi connectivity index (χ1n) is 2.28. The quantitative estimate of drug-likeness (QED) is 0.419. The van der Waals surface area contributed by atoms with E-state index in [1.54, 1.807) is 0 Å². The Morgan fingerprint density at radius 2 is 2.29 bits per heavy atom. The van der Waals surface area contributed by atoms with Crippen molar-refractivity contribution in [3.8, 4) is 0 Å². The smallest absolute Gasteiger partial charge is 0.0801 e. The van der Waals surface area contributed by atoms with Gasteiger partial charge in [0.05, 0.1) is 5.50 Å². The lowest BCUT2D eigenvalue weighted by Crippen LogP contribution is -2.11. The Hall–Kier alpha value is 0.210. The topological polar surface area (TPSA) is 46.2 Å². The molecule has 0 rings (SSSR count). The largest absolute Gasteiger partial charge is 0.396 e. The maximum absolute atomic E-state index is 8.20. The fourth-order valence-electron chi connectivity index (χ4n) is 0.286. The van der Waals surface area contributed by atoms with Crippen LogP contribution in [0, 0.1) is 0 Å². The van der Waals surface area contributed by atoms with Gasteiger partial charge in [-0.25, -0.2) is 0 Å². The molecule has 3 heteroatoms. The van der Waals surface area contributed by atoms with Gasteiger partial charge < -0.3 is 10.8 Å². The van der Waals surface area contributed by atoms with Gasteiger partial charge in [0, 0.05) is 6.61 Å². The summed E-state index contributed by atoms with van der Waals surface area (Å²) < 4.78 is 0. The predicted molar refractivity (Wildman–Crippen MR) is 30.1 cm³/mol. The van der Waals surface area contributed by atoms with E-state index >= 15 is 0 Å². The fourth-order valence-corrected chi connectivity index (χ4v) is 0.441. The van der Waals surface area contributed by atoms with Crippen molar-refractivity contribution >= 4 is 11.6 Å². The number of alkyl halides is 1. The van der Waals surface area contributed by atoms with Crippen LogP contribution in [0.25, 0.3) is 0 Å². The van der Waals surface area contributed by atoms with Gasteiger partial charge >= 0.3 is 0 Å². The van der Waals surface area contributed by atoms with Crippen molar-refractivity contribution in [2.45, 2.75) is 18.3 Å². The zero-order chi connectivity index (χ0) is 5.70. The standard InChI is InChI=1S/C4H10ClNO/c5-4(6)2-1-3-7/h4,7H,1-3,6H2. The Kier molecular flexibility index (Phi) is 4.50. The summed E-state index contributed by atoms with van der Waals surface area (Å²) in [4.78, 5) is 0. The third-order valence-electron chi connectivity index (χ3n) is 0.638. The van der Waals surface area contributed by atoms with Crippen molar-refractivity contribution < 1.29 is 5.11 Å². The second-order valence-corrected chi connectivity index (χ2v) is 1.94. The minimum atomic E-state index is -0.285. The number of hydrogen-bond acceptors (Lipinski definition) is 2. The van der Waals surface area contributed by atoms with Crippen molar-refractivity contribution in [1.29, 1.82) is 0 Å². The lowest BCUT2D eigenvalue weighted by atomic mass is 10.3. The summed E-state index contributed by atoms with van der Waals surface area (Å²) in [7, 11) is 0. The van der Waals surface area contributed by atoms with Gasteiger partial charge in [-0.3, -0.25) is 0 Å². The molecule has 2 nitrogen and oxygen atoms in total. The monoisotopic (exact) mass is 123 g/mol. The molecule has 0 spiro atoms. The number of hydrogen-bond donors (Lipinski definition) is 2. The van der Waals surface area contributed by atoms with Gasteiger partial charge in [0.1, 0.15) is 0 Å². The second-order valence-electron chi connectivity index (χ2n) is 1.38. The van der Waals surface area contributed by atoms with Gasteiger partial charge in [0.2, 0.25) is 0 Å². The highest BCUT2D eigenvalue weighted by Crippen LogP contribution is 1.95. The molecule has 0 heterocycles. The zero-order valence-electron chi connectivity index (χ0n) is 4.10. The van der Waals surface area contributed by atoms with Crippen LogP contribution in [0.2, 0.25) is 0 Å². The third-order valence-corrected chi connectivity index (χ3v) is 0.856.